The molecule has 1 unspecified atom stereocenters. The summed E-state index contributed by atoms with van der Waals surface area (Å²) < 4.78 is 9.67. The molecule has 0 aromatic rings. The van der Waals surface area contributed by atoms with E-state index < -0.39 is 0 Å². The Morgan fingerprint density at radius 1 is 1.44 bits per heavy atom. The maximum absolute atomic E-state index is 11.7. The van der Waals surface area contributed by atoms with Gasteiger partial charge in [0.15, 0.2) is 0 Å². The van der Waals surface area contributed by atoms with Gasteiger partial charge in [0, 0.05) is 19.1 Å². The van der Waals surface area contributed by atoms with Gasteiger partial charge in [-0.25, -0.2) is 4.79 Å². The number of morpholine rings is 1. The molecule has 0 saturated carbocycles. The molecule has 0 radical (unpaired) electrons. The van der Waals surface area contributed by atoms with Crippen LogP contribution in [0.5, 0.6) is 0 Å². The molecule has 1 atom stereocenters. The van der Waals surface area contributed by atoms with Crippen LogP contribution in [0.2, 0.25) is 0 Å². The lowest BCUT2D eigenvalue weighted by atomic mass is 10.2. The lowest BCUT2D eigenvalue weighted by molar-refractivity contribution is -0.141. The lowest BCUT2D eigenvalue weighted by Crippen LogP contribution is -2.49. The van der Waals surface area contributed by atoms with Crippen molar-refractivity contribution in [2.24, 2.45) is 0 Å². The van der Waals surface area contributed by atoms with Gasteiger partial charge < -0.3 is 19.7 Å². The third-order valence-electron chi connectivity index (χ3n) is 2.37. The molecule has 1 aliphatic heterocycles. The maximum atomic E-state index is 11.7. The predicted octanol–water partition coefficient (Wildman–Crippen LogP) is -0.0202. The van der Waals surface area contributed by atoms with E-state index in [9.17, 15) is 9.59 Å². The van der Waals surface area contributed by atoms with Crippen LogP contribution < -0.4 is 5.32 Å². The fourth-order valence-corrected chi connectivity index (χ4v) is 1.45. The zero-order valence-electron chi connectivity index (χ0n) is 9.69. The van der Waals surface area contributed by atoms with Crippen LogP contribution in [0, 0.1) is 0 Å². The first-order valence-corrected chi connectivity index (χ1v) is 5.33. The Bertz CT molecular complexity index is 251. The van der Waals surface area contributed by atoms with Crippen LogP contribution in [0.1, 0.15) is 13.3 Å². The number of carbonyl (C=O) groups excluding carboxylic acids is 2. The summed E-state index contributed by atoms with van der Waals surface area (Å²) in [6.07, 6.45) is 0.187. The van der Waals surface area contributed by atoms with E-state index in [1.807, 2.05) is 0 Å². The highest BCUT2D eigenvalue weighted by Crippen LogP contribution is 1.99. The number of nitrogens with one attached hydrogen (secondary N) is 1. The minimum Gasteiger partial charge on any atom is -0.469 e. The van der Waals surface area contributed by atoms with Gasteiger partial charge >= 0.3 is 12.0 Å². The highest BCUT2D eigenvalue weighted by atomic mass is 16.5. The number of carbonyl (C=O) groups is 2. The molecule has 1 aliphatic rings. The molecule has 1 heterocycles. The summed E-state index contributed by atoms with van der Waals surface area (Å²) in [6, 6.07) is -0.373. The molecule has 0 spiro atoms. The van der Waals surface area contributed by atoms with Crippen LogP contribution >= 0.6 is 0 Å². The van der Waals surface area contributed by atoms with E-state index in [1.165, 1.54) is 7.11 Å². The average Bonchev–Trinajstić information content (AvgIpc) is 2.29. The van der Waals surface area contributed by atoms with Crippen LogP contribution in [-0.2, 0) is 14.3 Å². The number of urea groups is 1. The van der Waals surface area contributed by atoms with E-state index in [4.69, 9.17) is 4.74 Å². The van der Waals surface area contributed by atoms with Crippen molar-refractivity contribution in [3.05, 3.63) is 0 Å². The first kappa shape index (κ1) is 12.8. The van der Waals surface area contributed by atoms with Gasteiger partial charge in [-0.1, -0.05) is 0 Å². The Morgan fingerprint density at radius 3 is 2.62 bits per heavy atom. The van der Waals surface area contributed by atoms with Gasteiger partial charge in [-0.15, -0.1) is 0 Å². The van der Waals surface area contributed by atoms with Gasteiger partial charge in [0.25, 0.3) is 0 Å². The summed E-state index contributed by atoms with van der Waals surface area (Å²) in [5.74, 6) is -0.324. The zero-order chi connectivity index (χ0) is 12.0. The highest BCUT2D eigenvalue weighted by Gasteiger charge is 2.19. The number of nitrogens with zero attached hydrogens (tertiary/aromatic N) is 1. The van der Waals surface area contributed by atoms with Gasteiger partial charge in [0.1, 0.15) is 0 Å². The molecule has 0 aliphatic carbocycles. The Morgan fingerprint density at radius 2 is 2.06 bits per heavy atom. The van der Waals surface area contributed by atoms with Crippen molar-refractivity contribution in [1.82, 2.24) is 10.2 Å². The fourth-order valence-electron chi connectivity index (χ4n) is 1.45. The van der Waals surface area contributed by atoms with Gasteiger partial charge in [0.2, 0.25) is 0 Å². The number of hydrogen-bond donors (Lipinski definition) is 1. The molecule has 6 nitrogen and oxygen atoms in total. The average molecular weight is 230 g/mol. The van der Waals surface area contributed by atoms with Gasteiger partial charge in [-0.05, 0) is 6.92 Å². The molecule has 1 rings (SSSR count). The van der Waals surface area contributed by atoms with E-state index in [1.54, 1.807) is 11.8 Å². The van der Waals surface area contributed by atoms with Crippen molar-refractivity contribution in [2.75, 3.05) is 33.4 Å². The Kier molecular flexibility index (Phi) is 5.04. The molecule has 92 valence electrons. The number of esters is 1. The molecule has 0 aromatic carbocycles. The third-order valence-corrected chi connectivity index (χ3v) is 2.37. The van der Waals surface area contributed by atoms with Crippen molar-refractivity contribution < 1.29 is 19.1 Å². The van der Waals surface area contributed by atoms with Crippen LogP contribution in [0.25, 0.3) is 0 Å². The number of methoxy groups -OCH3 is 1. The zero-order valence-corrected chi connectivity index (χ0v) is 9.69. The monoisotopic (exact) mass is 230 g/mol. The number of hydrogen-bond acceptors (Lipinski definition) is 4. The summed E-state index contributed by atoms with van der Waals surface area (Å²) in [7, 11) is 1.33. The molecule has 6 heteroatoms. The molecule has 2 amide bonds. The third kappa shape index (κ3) is 4.06. The quantitative estimate of drug-likeness (QED) is 0.692. The lowest BCUT2D eigenvalue weighted by Gasteiger charge is -2.28. The van der Waals surface area contributed by atoms with Crippen molar-refractivity contribution >= 4 is 12.0 Å². The predicted molar refractivity (Wildman–Crippen MR) is 57.0 cm³/mol. The largest absolute Gasteiger partial charge is 0.469 e. The second kappa shape index (κ2) is 6.32. The Hall–Kier alpha value is -1.30. The normalized spacial score (nSPS) is 17.8. The van der Waals surface area contributed by atoms with Crippen molar-refractivity contribution in [1.29, 1.82) is 0 Å². The summed E-state index contributed by atoms with van der Waals surface area (Å²) in [5.41, 5.74) is 0. The van der Waals surface area contributed by atoms with Crippen LogP contribution in [0.4, 0.5) is 4.79 Å². The standard InChI is InChI=1S/C10H18N2O4/c1-8(7-9(13)15-2)11-10(14)12-3-5-16-6-4-12/h8H,3-7H2,1-2H3,(H,11,14). The molecule has 1 fully saturated rings. The smallest absolute Gasteiger partial charge is 0.317 e. The SMILES string of the molecule is COC(=O)CC(C)NC(=O)N1CCOCC1. The molecule has 1 saturated heterocycles. The molecule has 1 N–H and O–H groups in total. The number of amides is 2. The number of ether oxygens (including phenoxy) is 2. The molecular weight excluding hydrogens is 212 g/mol. The fraction of sp³-hybridized carbons (Fsp3) is 0.800. The van der Waals surface area contributed by atoms with E-state index in [0.29, 0.717) is 26.3 Å². The van der Waals surface area contributed by atoms with Crippen LogP contribution in [0.3, 0.4) is 0 Å². The van der Waals surface area contributed by atoms with E-state index in [-0.39, 0.29) is 24.5 Å². The first-order chi connectivity index (χ1) is 7.63. The molecule has 16 heavy (non-hydrogen) atoms. The second-order valence-electron chi connectivity index (χ2n) is 3.73. The molecular formula is C10H18N2O4. The van der Waals surface area contributed by atoms with Gasteiger partial charge in [-0.3, -0.25) is 4.79 Å². The van der Waals surface area contributed by atoms with Crippen molar-refractivity contribution in [3.63, 3.8) is 0 Å². The summed E-state index contributed by atoms with van der Waals surface area (Å²) in [5, 5.41) is 2.75. The summed E-state index contributed by atoms with van der Waals surface area (Å²) in [4.78, 5) is 24.3. The maximum Gasteiger partial charge on any atom is 0.317 e. The Balaban J connectivity index is 2.29. The molecule has 0 bridgehead atoms. The topological polar surface area (TPSA) is 67.9 Å². The van der Waals surface area contributed by atoms with Gasteiger partial charge in [0.05, 0.1) is 26.7 Å². The minimum atomic E-state index is -0.324. The van der Waals surface area contributed by atoms with Crippen molar-refractivity contribution in [2.45, 2.75) is 19.4 Å². The van der Waals surface area contributed by atoms with E-state index >= 15 is 0 Å². The highest BCUT2D eigenvalue weighted by molar-refractivity contribution is 5.76. The summed E-state index contributed by atoms with van der Waals surface area (Å²) in [6.45, 7) is 4.10. The number of rotatable bonds is 3. The Labute approximate surface area is 94.9 Å². The van der Waals surface area contributed by atoms with E-state index in [2.05, 4.69) is 10.1 Å². The second-order valence-corrected chi connectivity index (χ2v) is 3.73. The summed E-state index contributed by atoms with van der Waals surface area (Å²) >= 11 is 0. The van der Waals surface area contributed by atoms with E-state index in [0.717, 1.165) is 0 Å². The van der Waals surface area contributed by atoms with Crippen molar-refractivity contribution in [3.8, 4) is 0 Å². The molecule has 0 aromatic heterocycles. The first-order valence-electron chi connectivity index (χ1n) is 5.33. The van der Waals surface area contributed by atoms with Crippen LogP contribution in [-0.4, -0.2) is 56.4 Å². The van der Waals surface area contributed by atoms with Gasteiger partial charge in [-0.2, -0.15) is 0 Å². The minimum absolute atomic E-state index is 0.153. The van der Waals surface area contributed by atoms with Crippen LogP contribution in [0.15, 0.2) is 0 Å².